The van der Waals surface area contributed by atoms with Gasteiger partial charge in [0.25, 0.3) is 0 Å². The minimum Gasteiger partial charge on any atom is -0.310 e. The van der Waals surface area contributed by atoms with Crippen molar-refractivity contribution in [3.05, 3.63) is 459 Å². The van der Waals surface area contributed by atoms with Gasteiger partial charge in [-0.2, -0.15) is 0 Å². The number of hydrogen-bond acceptors (Lipinski definition) is 4. The Labute approximate surface area is 710 Å². The number of nitrogens with zero attached hydrogens (tertiary/aromatic N) is 6. The van der Waals surface area contributed by atoms with Crippen LogP contribution in [0.25, 0.3) is 131 Å². The van der Waals surface area contributed by atoms with E-state index in [-0.39, 0.29) is 0 Å². The van der Waals surface area contributed by atoms with E-state index in [0.29, 0.717) is 0 Å². The highest BCUT2D eigenvalue weighted by Crippen LogP contribution is 2.54. The predicted octanol–water partition coefficient (Wildman–Crippen LogP) is 32.6. The Morgan fingerprint density at radius 2 is 0.410 bits per heavy atom. The summed E-state index contributed by atoms with van der Waals surface area (Å²) in [6.07, 6.45) is 0. The zero-order chi connectivity index (χ0) is 81.5. The van der Waals surface area contributed by atoms with Gasteiger partial charge in [-0.1, -0.05) is 314 Å². The standard InChI is InChI=1S/C116H84N6/c1-77-61-65-89(66-62-77)117(87-43-13-7-14-44-87)105-73-109-113(99-55-23-19-51-95(99)105)114-100-56-24-20-52-96(100)106(74-110(114)121(109)93-49-29-39-83(69-93)81-35-9-5-10-36-81)118(90-67-63-78(2)64-68-90)91-47-31-41-85(71-91)86-42-32-48-92(72-86)120(104-60-28-18-34-80(104)4)108-76-112-116(102-58-26-22-54-98(102)108)115-101-57-25-21-53-97(101)107(119(88-45-15-8-16-46-88)103-59-27-17-33-79(103)3)75-111(115)122(112)94-50-30-40-84(70-94)82-37-11-6-12-38-82/h5-76H,1-4H3. The molecule has 0 saturated heterocycles. The molecular weight excluding hydrogens is 1480 g/mol. The molecule has 20 aromatic carbocycles. The highest BCUT2D eigenvalue weighted by Gasteiger charge is 2.31. The SMILES string of the molecule is Cc1ccc(N(c2ccccc2)c2cc3c(c4ccccc24)c2c4ccccc4c(N(c4ccc(C)cc4)c4cccc(-c5cccc(N(c6ccccc6C)c6cc7c(c8ccccc68)c6c8ccccc8c(N(c8ccccc8)c8ccccc8C)cc6n7-c6cccc(-c7ccccc7)c6)c5)c4)cc2n3-c2cccc(-c3ccccc3)c2)cc1. The van der Waals surface area contributed by atoms with Crippen molar-refractivity contribution >= 4 is 155 Å². The summed E-state index contributed by atoms with van der Waals surface area (Å²) < 4.78 is 5.10. The Bertz CT molecular complexity index is 7800. The average molecular weight is 1560 g/mol. The summed E-state index contributed by atoms with van der Waals surface area (Å²) >= 11 is 0. The molecule has 2 aromatic heterocycles. The molecule has 2 heterocycles. The summed E-state index contributed by atoms with van der Waals surface area (Å²) in [6.45, 7) is 8.81. The van der Waals surface area contributed by atoms with Gasteiger partial charge in [0.15, 0.2) is 0 Å². The van der Waals surface area contributed by atoms with Crippen LogP contribution in [0.5, 0.6) is 0 Å². The third-order valence-electron chi connectivity index (χ3n) is 24.7. The van der Waals surface area contributed by atoms with E-state index in [0.717, 1.165) is 173 Å². The van der Waals surface area contributed by atoms with Gasteiger partial charge in [0.2, 0.25) is 0 Å². The van der Waals surface area contributed by atoms with E-state index in [2.05, 4.69) is 493 Å². The molecule has 0 aliphatic heterocycles. The first kappa shape index (κ1) is 72.7. The van der Waals surface area contributed by atoms with Crippen LogP contribution < -0.4 is 19.6 Å². The summed E-state index contributed by atoms with van der Waals surface area (Å²) in [5.74, 6) is 0. The first-order valence-corrected chi connectivity index (χ1v) is 42.1. The van der Waals surface area contributed by atoms with Crippen LogP contribution >= 0.6 is 0 Å². The van der Waals surface area contributed by atoms with Crippen molar-refractivity contribution < 1.29 is 0 Å². The Morgan fingerprint density at radius 3 is 0.770 bits per heavy atom. The summed E-state index contributed by atoms with van der Waals surface area (Å²) in [5.41, 5.74) is 30.9. The van der Waals surface area contributed by atoms with Gasteiger partial charge in [0.05, 0.1) is 44.8 Å². The quantitative estimate of drug-likeness (QED) is 0.0906. The predicted molar refractivity (Wildman–Crippen MR) is 519 cm³/mol. The van der Waals surface area contributed by atoms with Crippen LogP contribution in [-0.4, -0.2) is 9.13 Å². The fraction of sp³-hybridized carbons (Fsp3) is 0.0345. The maximum atomic E-state index is 2.55. The molecule has 578 valence electrons. The molecule has 0 fully saturated rings. The number of rotatable bonds is 17. The minimum absolute atomic E-state index is 1.03. The van der Waals surface area contributed by atoms with E-state index < -0.39 is 0 Å². The zero-order valence-corrected chi connectivity index (χ0v) is 68.3. The second kappa shape index (κ2) is 30.3. The van der Waals surface area contributed by atoms with Gasteiger partial charge in [-0.15, -0.1) is 0 Å². The van der Waals surface area contributed by atoms with Crippen LogP contribution in [0.3, 0.4) is 0 Å². The molecule has 0 N–H and O–H groups in total. The monoisotopic (exact) mass is 1560 g/mol. The van der Waals surface area contributed by atoms with Gasteiger partial charge >= 0.3 is 0 Å². The number of fused-ring (bicyclic) bond motifs is 14. The van der Waals surface area contributed by atoms with Gasteiger partial charge in [0.1, 0.15) is 0 Å². The van der Waals surface area contributed by atoms with Gasteiger partial charge in [-0.3, -0.25) is 0 Å². The number of aryl methyl sites for hydroxylation is 4. The van der Waals surface area contributed by atoms with Crippen molar-refractivity contribution in [1.82, 2.24) is 9.13 Å². The molecule has 6 heteroatoms. The summed E-state index contributed by atoms with van der Waals surface area (Å²) in [4.78, 5) is 9.92. The normalized spacial score (nSPS) is 11.6. The molecule has 6 nitrogen and oxygen atoms in total. The lowest BCUT2D eigenvalue weighted by Crippen LogP contribution is -2.12. The molecule has 22 rings (SSSR count). The Hall–Kier alpha value is -15.8. The van der Waals surface area contributed by atoms with E-state index in [1.807, 2.05) is 0 Å². The second-order valence-electron chi connectivity index (χ2n) is 32.2. The van der Waals surface area contributed by atoms with Crippen molar-refractivity contribution in [3.8, 4) is 44.8 Å². The van der Waals surface area contributed by atoms with Crippen molar-refractivity contribution in [2.75, 3.05) is 19.6 Å². The lowest BCUT2D eigenvalue weighted by Gasteiger charge is -2.29. The van der Waals surface area contributed by atoms with E-state index in [4.69, 9.17) is 0 Å². The van der Waals surface area contributed by atoms with Crippen LogP contribution in [0.4, 0.5) is 68.2 Å². The maximum absolute atomic E-state index is 2.55. The van der Waals surface area contributed by atoms with E-state index in [1.165, 1.54) is 49.0 Å². The van der Waals surface area contributed by atoms with Gasteiger partial charge in [0, 0.05) is 100.0 Å². The second-order valence-corrected chi connectivity index (χ2v) is 32.2. The number of para-hydroxylation sites is 4. The van der Waals surface area contributed by atoms with Gasteiger partial charge in [-0.05, 0) is 227 Å². The van der Waals surface area contributed by atoms with Crippen LogP contribution in [0, 0.1) is 27.7 Å². The van der Waals surface area contributed by atoms with Gasteiger partial charge in [-0.25, -0.2) is 0 Å². The summed E-state index contributed by atoms with van der Waals surface area (Å²) in [7, 11) is 0. The lowest BCUT2D eigenvalue weighted by molar-refractivity contribution is 1.17. The molecule has 0 saturated carbocycles. The summed E-state index contributed by atoms with van der Waals surface area (Å²) in [5, 5.41) is 14.1. The zero-order valence-electron chi connectivity index (χ0n) is 68.3. The van der Waals surface area contributed by atoms with E-state index in [9.17, 15) is 0 Å². The van der Waals surface area contributed by atoms with Crippen molar-refractivity contribution in [1.29, 1.82) is 0 Å². The highest BCUT2D eigenvalue weighted by atomic mass is 15.2. The molecule has 0 aliphatic carbocycles. The lowest BCUT2D eigenvalue weighted by atomic mass is 9.96. The molecule has 0 unspecified atom stereocenters. The highest BCUT2D eigenvalue weighted by molar-refractivity contribution is 6.34. The van der Waals surface area contributed by atoms with E-state index >= 15 is 0 Å². The van der Waals surface area contributed by atoms with E-state index in [1.54, 1.807) is 0 Å². The average Bonchev–Trinajstić information content (AvgIpc) is 1.54. The van der Waals surface area contributed by atoms with Crippen LogP contribution in [-0.2, 0) is 0 Å². The van der Waals surface area contributed by atoms with Crippen molar-refractivity contribution in [2.45, 2.75) is 27.7 Å². The maximum Gasteiger partial charge on any atom is 0.0568 e. The third-order valence-corrected chi connectivity index (χ3v) is 24.7. The number of hydrogen-bond donors (Lipinski definition) is 0. The Morgan fingerprint density at radius 1 is 0.164 bits per heavy atom. The molecule has 0 atom stereocenters. The molecule has 0 radical (unpaired) electrons. The molecule has 0 bridgehead atoms. The summed E-state index contributed by atoms with van der Waals surface area (Å²) in [6, 6.07) is 162. The van der Waals surface area contributed by atoms with Crippen molar-refractivity contribution in [2.24, 2.45) is 0 Å². The first-order chi connectivity index (χ1) is 60.2. The smallest absolute Gasteiger partial charge is 0.0568 e. The number of aromatic nitrogens is 2. The van der Waals surface area contributed by atoms with Crippen LogP contribution in [0.15, 0.2) is 437 Å². The Kier molecular flexibility index (Phi) is 18.1. The third kappa shape index (κ3) is 12.5. The molecule has 122 heavy (non-hydrogen) atoms. The molecular formula is C116H84N6. The fourth-order valence-electron chi connectivity index (χ4n) is 19.1. The Balaban J connectivity index is 0.760. The molecule has 22 aromatic rings. The van der Waals surface area contributed by atoms with Crippen LogP contribution in [0.1, 0.15) is 22.3 Å². The number of benzene rings is 20. The minimum atomic E-state index is 1.03. The molecule has 0 amide bonds. The first-order valence-electron chi connectivity index (χ1n) is 42.1. The largest absolute Gasteiger partial charge is 0.310 e. The molecule has 0 aliphatic rings. The topological polar surface area (TPSA) is 22.8 Å². The number of anilines is 12. The van der Waals surface area contributed by atoms with Gasteiger partial charge < -0.3 is 28.7 Å². The molecule has 0 spiro atoms. The van der Waals surface area contributed by atoms with Crippen LogP contribution in [0.2, 0.25) is 0 Å². The fourth-order valence-corrected chi connectivity index (χ4v) is 19.1. The van der Waals surface area contributed by atoms with Crippen molar-refractivity contribution in [3.63, 3.8) is 0 Å².